The average molecular weight is 392 g/mol. The standard InChI is InChI=1S/C18H17FN2O5S/c1-2-10-20-17(22)12-26-18(23)13-4-3-5-16(11-13)27(24,25)21-15-8-6-14(19)7-9-15/h2-9,11,21H,1,10,12H2,(H,20,22). The number of sulfonamides is 1. The summed E-state index contributed by atoms with van der Waals surface area (Å²) in [5, 5.41) is 2.44. The van der Waals surface area contributed by atoms with Crippen LogP contribution in [0.5, 0.6) is 0 Å². The third-order valence-electron chi connectivity index (χ3n) is 3.25. The molecular weight excluding hydrogens is 375 g/mol. The third-order valence-corrected chi connectivity index (χ3v) is 4.63. The average Bonchev–Trinajstić information content (AvgIpc) is 2.66. The molecular formula is C18H17FN2O5S. The number of nitrogens with one attached hydrogen (secondary N) is 2. The van der Waals surface area contributed by atoms with Gasteiger partial charge in [0.2, 0.25) is 0 Å². The van der Waals surface area contributed by atoms with Gasteiger partial charge in [-0.05, 0) is 42.5 Å². The van der Waals surface area contributed by atoms with Crippen LogP contribution in [0.1, 0.15) is 10.4 Å². The fraction of sp³-hybridized carbons (Fsp3) is 0.111. The Balaban J connectivity index is 2.09. The zero-order chi connectivity index (χ0) is 19.9. The molecule has 0 bridgehead atoms. The van der Waals surface area contributed by atoms with Gasteiger partial charge in [-0.1, -0.05) is 12.1 Å². The molecule has 0 aliphatic heterocycles. The number of carbonyl (C=O) groups is 2. The van der Waals surface area contributed by atoms with Crippen LogP contribution in [0.3, 0.4) is 0 Å². The molecule has 2 aromatic carbocycles. The highest BCUT2D eigenvalue weighted by molar-refractivity contribution is 7.92. The number of carbonyl (C=O) groups excluding carboxylic acids is 2. The van der Waals surface area contributed by atoms with Crippen molar-refractivity contribution in [3.63, 3.8) is 0 Å². The van der Waals surface area contributed by atoms with Gasteiger partial charge in [0.05, 0.1) is 10.5 Å². The summed E-state index contributed by atoms with van der Waals surface area (Å²) >= 11 is 0. The molecule has 0 saturated carbocycles. The predicted octanol–water partition coefficient (Wildman–Crippen LogP) is 2.09. The van der Waals surface area contributed by atoms with E-state index in [0.29, 0.717) is 0 Å². The van der Waals surface area contributed by atoms with Gasteiger partial charge in [-0.3, -0.25) is 9.52 Å². The van der Waals surface area contributed by atoms with Crippen LogP contribution >= 0.6 is 0 Å². The van der Waals surface area contributed by atoms with Gasteiger partial charge in [0.15, 0.2) is 6.61 Å². The largest absolute Gasteiger partial charge is 0.452 e. The van der Waals surface area contributed by atoms with Gasteiger partial charge < -0.3 is 10.1 Å². The number of anilines is 1. The summed E-state index contributed by atoms with van der Waals surface area (Å²) in [7, 11) is -4.00. The molecule has 0 saturated heterocycles. The molecule has 0 radical (unpaired) electrons. The summed E-state index contributed by atoms with van der Waals surface area (Å²) in [5.41, 5.74) is 0.136. The van der Waals surface area contributed by atoms with Crippen LogP contribution in [0, 0.1) is 5.82 Å². The van der Waals surface area contributed by atoms with Gasteiger partial charge in [0.1, 0.15) is 5.82 Å². The molecule has 0 aliphatic rings. The Hall–Kier alpha value is -3.20. The molecule has 2 rings (SSSR count). The Labute approximate surface area is 155 Å². The van der Waals surface area contributed by atoms with Crippen LogP contribution in [0.4, 0.5) is 10.1 Å². The van der Waals surface area contributed by atoms with Gasteiger partial charge >= 0.3 is 5.97 Å². The fourth-order valence-electron chi connectivity index (χ4n) is 1.97. The highest BCUT2D eigenvalue weighted by Crippen LogP contribution is 2.18. The van der Waals surface area contributed by atoms with E-state index in [4.69, 9.17) is 4.74 Å². The number of rotatable bonds is 8. The second-order valence-electron chi connectivity index (χ2n) is 5.31. The molecule has 2 N–H and O–H groups in total. The van der Waals surface area contributed by atoms with Crippen molar-refractivity contribution < 1.29 is 27.1 Å². The van der Waals surface area contributed by atoms with Crippen LogP contribution in [0.15, 0.2) is 66.1 Å². The van der Waals surface area contributed by atoms with E-state index in [9.17, 15) is 22.4 Å². The molecule has 1 amide bonds. The quantitative estimate of drug-likeness (QED) is 0.529. The van der Waals surface area contributed by atoms with E-state index in [1.807, 2.05) is 0 Å². The van der Waals surface area contributed by atoms with E-state index in [2.05, 4.69) is 16.6 Å². The van der Waals surface area contributed by atoms with Crippen molar-refractivity contribution in [2.24, 2.45) is 0 Å². The monoisotopic (exact) mass is 392 g/mol. The Morgan fingerprint density at radius 1 is 1.15 bits per heavy atom. The highest BCUT2D eigenvalue weighted by atomic mass is 32.2. The normalized spacial score (nSPS) is 10.7. The first-order valence-electron chi connectivity index (χ1n) is 7.75. The molecule has 9 heteroatoms. The number of ether oxygens (including phenoxy) is 1. The lowest BCUT2D eigenvalue weighted by molar-refractivity contribution is -0.124. The molecule has 0 aliphatic carbocycles. The number of esters is 1. The van der Waals surface area contributed by atoms with E-state index in [0.717, 1.165) is 18.2 Å². The van der Waals surface area contributed by atoms with Crippen molar-refractivity contribution in [1.29, 1.82) is 0 Å². The molecule has 0 unspecified atom stereocenters. The van der Waals surface area contributed by atoms with Crippen LogP contribution in [0.25, 0.3) is 0 Å². The maximum atomic E-state index is 12.9. The lowest BCUT2D eigenvalue weighted by Gasteiger charge is -2.09. The Morgan fingerprint density at radius 2 is 1.85 bits per heavy atom. The first-order valence-corrected chi connectivity index (χ1v) is 9.23. The van der Waals surface area contributed by atoms with Gasteiger partial charge in [0, 0.05) is 12.2 Å². The van der Waals surface area contributed by atoms with Crippen molar-refractivity contribution in [3.8, 4) is 0 Å². The lowest BCUT2D eigenvalue weighted by atomic mass is 10.2. The first kappa shape index (κ1) is 20.1. The van der Waals surface area contributed by atoms with E-state index >= 15 is 0 Å². The number of amides is 1. The van der Waals surface area contributed by atoms with Crippen LogP contribution in [-0.2, 0) is 19.6 Å². The number of benzene rings is 2. The third kappa shape index (κ3) is 5.93. The van der Waals surface area contributed by atoms with Gasteiger partial charge in [0.25, 0.3) is 15.9 Å². The molecule has 0 atom stereocenters. The number of hydrogen-bond acceptors (Lipinski definition) is 5. The minimum Gasteiger partial charge on any atom is -0.452 e. The molecule has 2 aromatic rings. The molecule has 27 heavy (non-hydrogen) atoms. The van der Waals surface area contributed by atoms with Crippen LogP contribution in [-0.4, -0.2) is 33.4 Å². The zero-order valence-electron chi connectivity index (χ0n) is 14.1. The van der Waals surface area contributed by atoms with E-state index in [-0.39, 0.29) is 22.7 Å². The van der Waals surface area contributed by atoms with Crippen molar-refractivity contribution >= 4 is 27.6 Å². The topological polar surface area (TPSA) is 102 Å². The summed E-state index contributed by atoms with van der Waals surface area (Å²) < 4.78 is 44.9. The smallest absolute Gasteiger partial charge is 0.338 e. The second kappa shape index (κ2) is 8.95. The van der Waals surface area contributed by atoms with Crippen LogP contribution < -0.4 is 10.0 Å². The summed E-state index contributed by atoms with van der Waals surface area (Å²) in [6.45, 7) is 3.17. The second-order valence-corrected chi connectivity index (χ2v) is 6.99. The summed E-state index contributed by atoms with van der Waals surface area (Å²) in [6, 6.07) is 9.91. The van der Waals surface area contributed by atoms with Crippen molar-refractivity contribution in [3.05, 3.63) is 72.6 Å². The molecule has 0 fully saturated rings. The Kier molecular flexibility index (Phi) is 6.67. The summed E-state index contributed by atoms with van der Waals surface area (Å²) in [4.78, 5) is 23.3. The lowest BCUT2D eigenvalue weighted by Crippen LogP contribution is -2.28. The number of hydrogen-bond donors (Lipinski definition) is 2. The van der Waals surface area contributed by atoms with Gasteiger partial charge in [-0.15, -0.1) is 6.58 Å². The minimum absolute atomic E-state index is 0.0338. The van der Waals surface area contributed by atoms with E-state index < -0.39 is 34.3 Å². The maximum Gasteiger partial charge on any atom is 0.338 e. The SMILES string of the molecule is C=CCNC(=O)COC(=O)c1cccc(S(=O)(=O)Nc2ccc(F)cc2)c1. The number of halogens is 1. The van der Waals surface area contributed by atoms with Crippen LogP contribution in [0.2, 0.25) is 0 Å². The van der Waals surface area contributed by atoms with Crippen molar-refractivity contribution in [2.75, 3.05) is 17.9 Å². The van der Waals surface area contributed by atoms with Gasteiger partial charge in [-0.2, -0.15) is 0 Å². The van der Waals surface area contributed by atoms with Crippen molar-refractivity contribution in [1.82, 2.24) is 5.32 Å². The van der Waals surface area contributed by atoms with E-state index in [1.165, 1.54) is 36.4 Å². The zero-order valence-corrected chi connectivity index (χ0v) is 15.0. The molecule has 142 valence electrons. The summed E-state index contributed by atoms with van der Waals surface area (Å²) in [5.74, 6) is -1.85. The molecule has 0 spiro atoms. The maximum absolute atomic E-state index is 12.9. The fourth-order valence-corrected chi connectivity index (χ4v) is 3.08. The molecule has 0 aromatic heterocycles. The van der Waals surface area contributed by atoms with E-state index in [1.54, 1.807) is 0 Å². The molecule has 7 nitrogen and oxygen atoms in total. The van der Waals surface area contributed by atoms with Crippen molar-refractivity contribution in [2.45, 2.75) is 4.90 Å². The molecule has 0 heterocycles. The minimum atomic E-state index is -4.00. The first-order chi connectivity index (χ1) is 12.8. The Morgan fingerprint density at radius 3 is 2.52 bits per heavy atom. The van der Waals surface area contributed by atoms with Gasteiger partial charge in [-0.25, -0.2) is 17.6 Å². The summed E-state index contributed by atoms with van der Waals surface area (Å²) in [6.07, 6.45) is 1.47. The Bertz CT molecular complexity index is 942. The highest BCUT2D eigenvalue weighted by Gasteiger charge is 2.17. The predicted molar refractivity (Wildman–Crippen MR) is 97.1 cm³/mol.